The second-order valence-corrected chi connectivity index (χ2v) is 7.79. The minimum atomic E-state index is -0.970. The van der Waals surface area contributed by atoms with E-state index in [0.717, 1.165) is 12.1 Å². The van der Waals surface area contributed by atoms with Crippen LogP contribution in [-0.2, 0) is 6.67 Å². The lowest BCUT2D eigenvalue weighted by molar-refractivity contribution is 0.196. The normalized spacial score (nSPS) is 11.3. The van der Waals surface area contributed by atoms with Crippen molar-refractivity contribution in [2.45, 2.75) is 6.67 Å². The maximum Gasteiger partial charge on any atom is 0.275 e. The number of nitrogens with zero attached hydrogens (tertiary/aromatic N) is 3. The molecule has 0 saturated carbocycles. The van der Waals surface area contributed by atoms with E-state index in [1.807, 2.05) is 11.9 Å². The van der Waals surface area contributed by atoms with Crippen molar-refractivity contribution >= 4 is 22.4 Å². The molecule has 0 aliphatic carbocycles. The van der Waals surface area contributed by atoms with Gasteiger partial charge in [-0.25, -0.2) is 13.5 Å². The number of ether oxygens (including phenoxy) is 1. The molecular weight excluding hydrogens is 436 g/mol. The molecule has 8 heteroatoms. The maximum atomic E-state index is 13.9. The van der Waals surface area contributed by atoms with Gasteiger partial charge in [-0.15, -0.1) is 0 Å². The highest BCUT2D eigenvalue weighted by atomic mass is 35.5. The van der Waals surface area contributed by atoms with Gasteiger partial charge in [0.25, 0.3) is 5.56 Å². The van der Waals surface area contributed by atoms with Gasteiger partial charge in [-0.05, 0) is 55.6 Å². The Hall–Kier alpha value is -3.29. The molecule has 0 amide bonds. The van der Waals surface area contributed by atoms with Crippen molar-refractivity contribution in [1.29, 1.82) is 0 Å². The fraction of sp³-hybridized carbons (Fsp3) is 0.167. The van der Waals surface area contributed by atoms with Gasteiger partial charge < -0.3 is 4.74 Å². The molecule has 1 heterocycles. The van der Waals surface area contributed by atoms with E-state index in [9.17, 15) is 13.6 Å². The smallest absolute Gasteiger partial charge is 0.275 e. The summed E-state index contributed by atoms with van der Waals surface area (Å²) in [5.74, 6) is -1.21. The lowest BCUT2D eigenvalue weighted by Crippen LogP contribution is -2.34. The highest BCUT2D eigenvalue weighted by Crippen LogP contribution is 2.26. The highest BCUT2D eigenvalue weighted by molar-refractivity contribution is 6.30. The molecule has 1 aromatic heterocycles. The molecule has 0 unspecified atom stereocenters. The van der Waals surface area contributed by atoms with Gasteiger partial charge in [0.1, 0.15) is 12.4 Å². The first-order chi connectivity index (χ1) is 15.4. The number of halogens is 3. The third kappa shape index (κ3) is 4.79. The number of hydrogen-bond acceptors (Lipinski definition) is 4. The third-order valence-corrected chi connectivity index (χ3v) is 5.24. The number of rotatable bonds is 7. The predicted octanol–water partition coefficient (Wildman–Crippen LogP) is 4.96. The van der Waals surface area contributed by atoms with Gasteiger partial charge in [0.2, 0.25) is 0 Å². The van der Waals surface area contributed by atoms with E-state index in [0.29, 0.717) is 46.0 Å². The first-order valence-corrected chi connectivity index (χ1v) is 10.3. The molecule has 5 nitrogen and oxygen atoms in total. The quantitative estimate of drug-likeness (QED) is 0.395. The van der Waals surface area contributed by atoms with Crippen LogP contribution in [0.3, 0.4) is 0 Å². The van der Waals surface area contributed by atoms with Crippen LogP contribution in [0.25, 0.3) is 22.0 Å². The molecule has 164 valence electrons. The average molecular weight is 456 g/mol. The van der Waals surface area contributed by atoms with Crippen LogP contribution in [0, 0.1) is 11.6 Å². The van der Waals surface area contributed by atoms with Crippen LogP contribution in [0.4, 0.5) is 8.78 Å². The van der Waals surface area contributed by atoms with Crippen LogP contribution in [0.1, 0.15) is 0 Å². The summed E-state index contributed by atoms with van der Waals surface area (Å²) in [6.45, 7) is 1.13. The third-order valence-electron chi connectivity index (χ3n) is 4.99. The van der Waals surface area contributed by atoms with Crippen molar-refractivity contribution in [3.05, 3.63) is 93.7 Å². The van der Waals surface area contributed by atoms with E-state index in [4.69, 9.17) is 16.3 Å². The lowest BCUT2D eigenvalue weighted by Gasteiger charge is -2.19. The van der Waals surface area contributed by atoms with E-state index >= 15 is 0 Å². The molecule has 0 spiro atoms. The van der Waals surface area contributed by atoms with Gasteiger partial charge in [-0.2, -0.15) is 5.10 Å². The van der Waals surface area contributed by atoms with Crippen molar-refractivity contribution in [2.24, 2.45) is 0 Å². The zero-order valence-electron chi connectivity index (χ0n) is 17.3. The summed E-state index contributed by atoms with van der Waals surface area (Å²) in [5, 5.41) is 6.14. The Balaban J connectivity index is 1.58. The fourth-order valence-corrected chi connectivity index (χ4v) is 3.46. The highest BCUT2D eigenvalue weighted by Gasteiger charge is 2.15. The van der Waals surface area contributed by atoms with Crippen LogP contribution in [0.5, 0.6) is 5.75 Å². The van der Waals surface area contributed by atoms with E-state index in [1.54, 1.807) is 48.5 Å². The Morgan fingerprint density at radius 3 is 2.44 bits per heavy atom. The summed E-state index contributed by atoms with van der Waals surface area (Å²) in [5.41, 5.74) is 0.532. The molecule has 0 N–H and O–H groups in total. The lowest BCUT2D eigenvalue weighted by atomic mass is 10.0. The van der Waals surface area contributed by atoms with Crippen molar-refractivity contribution in [3.8, 4) is 17.0 Å². The SMILES string of the molecule is CN(CCOc1ccc(Cl)cc1)Cn1nc(-c2ccc(F)c(F)c2)c2ccccc2c1=O. The van der Waals surface area contributed by atoms with Gasteiger partial charge in [0.05, 0.1) is 17.7 Å². The van der Waals surface area contributed by atoms with Crippen molar-refractivity contribution < 1.29 is 13.5 Å². The summed E-state index contributed by atoms with van der Waals surface area (Å²) >= 11 is 5.87. The number of likely N-dealkylation sites (N-methyl/N-ethyl adjacent to an activating group) is 1. The first kappa shape index (κ1) is 21.9. The number of hydrogen-bond donors (Lipinski definition) is 0. The molecule has 0 saturated heterocycles. The van der Waals surface area contributed by atoms with E-state index in [2.05, 4.69) is 5.10 Å². The molecule has 0 aliphatic heterocycles. The molecule has 32 heavy (non-hydrogen) atoms. The average Bonchev–Trinajstić information content (AvgIpc) is 2.79. The maximum absolute atomic E-state index is 13.9. The second kappa shape index (κ2) is 9.46. The van der Waals surface area contributed by atoms with E-state index in [1.165, 1.54) is 10.7 Å². The Bertz CT molecular complexity index is 1310. The molecule has 0 bridgehead atoms. The summed E-state index contributed by atoms with van der Waals surface area (Å²) in [4.78, 5) is 14.9. The van der Waals surface area contributed by atoms with Crippen LogP contribution < -0.4 is 10.3 Å². The van der Waals surface area contributed by atoms with Crippen LogP contribution >= 0.6 is 11.6 Å². The van der Waals surface area contributed by atoms with Gasteiger partial charge in [0.15, 0.2) is 11.6 Å². The monoisotopic (exact) mass is 455 g/mol. The van der Waals surface area contributed by atoms with Gasteiger partial charge >= 0.3 is 0 Å². The van der Waals surface area contributed by atoms with Crippen molar-refractivity contribution in [2.75, 3.05) is 20.2 Å². The van der Waals surface area contributed by atoms with E-state index < -0.39 is 11.6 Å². The topological polar surface area (TPSA) is 47.4 Å². The standard InChI is InChI=1S/C24H20ClF2N3O2/c1-29(12-13-32-18-9-7-17(25)8-10-18)15-30-24(31)20-5-3-2-4-19(20)23(28-30)16-6-11-21(26)22(27)14-16/h2-11,14H,12-13,15H2,1H3. The van der Waals surface area contributed by atoms with Gasteiger partial charge in [0, 0.05) is 22.5 Å². The summed E-state index contributed by atoms with van der Waals surface area (Å²) in [6.07, 6.45) is 0. The summed E-state index contributed by atoms with van der Waals surface area (Å²) in [6, 6.07) is 17.6. The minimum absolute atomic E-state index is 0.199. The molecule has 3 aromatic carbocycles. The van der Waals surface area contributed by atoms with Gasteiger partial charge in [-0.1, -0.05) is 29.8 Å². The number of fused-ring (bicyclic) bond motifs is 1. The molecule has 0 atom stereocenters. The molecule has 4 rings (SSSR count). The second-order valence-electron chi connectivity index (χ2n) is 7.35. The number of aromatic nitrogens is 2. The molecule has 0 fully saturated rings. The predicted molar refractivity (Wildman–Crippen MR) is 121 cm³/mol. The number of benzene rings is 3. The Kier molecular flexibility index (Phi) is 6.48. The minimum Gasteiger partial charge on any atom is -0.492 e. The van der Waals surface area contributed by atoms with E-state index in [-0.39, 0.29) is 12.2 Å². The molecular formula is C24H20ClF2N3O2. The Morgan fingerprint density at radius 1 is 1.00 bits per heavy atom. The zero-order valence-corrected chi connectivity index (χ0v) is 18.0. The molecule has 0 aliphatic rings. The summed E-state index contributed by atoms with van der Waals surface area (Å²) < 4.78 is 34.3. The van der Waals surface area contributed by atoms with Crippen molar-refractivity contribution in [1.82, 2.24) is 14.7 Å². The van der Waals surface area contributed by atoms with Crippen LogP contribution in [-0.4, -0.2) is 34.9 Å². The molecule has 4 aromatic rings. The Morgan fingerprint density at radius 2 is 1.72 bits per heavy atom. The fourth-order valence-electron chi connectivity index (χ4n) is 3.34. The molecule has 0 radical (unpaired) electrons. The Labute approximate surface area is 188 Å². The summed E-state index contributed by atoms with van der Waals surface area (Å²) in [7, 11) is 1.84. The zero-order chi connectivity index (χ0) is 22.7. The van der Waals surface area contributed by atoms with Crippen LogP contribution in [0.15, 0.2) is 71.5 Å². The largest absolute Gasteiger partial charge is 0.492 e. The van der Waals surface area contributed by atoms with Gasteiger partial charge in [-0.3, -0.25) is 9.69 Å². The first-order valence-electron chi connectivity index (χ1n) is 9.94. The van der Waals surface area contributed by atoms with Crippen LogP contribution in [0.2, 0.25) is 5.02 Å². The van der Waals surface area contributed by atoms with Crippen molar-refractivity contribution in [3.63, 3.8) is 0 Å².